The summed E-state index contributed by atoms with van der Waals surface area (Å²) in [4.78, 5) is 13.9. The van der Waals surface area contributed by atoms with E-state index in [1.807, 2.05) is 18.7 Å². The van der Waals surface area contributed by atoms with Crippen LogP contribution in [0.1, 0.15) is 33.6 Å². The van der Waals surface area contributed by atoms with Crippen molar-refractivity contribution in [3.05, 3.63) is 0 Å². The SMILES string of the molecule is CC1CCCN(C(=O)C(C#N)C(C)C)C1. The van der Waals surface area contributed by atoms with Gasteiger partial charge in [0.2, 0.25) is 5.91 Å². The van der Waals surface area contributed by atoms with Crippen molar-refractivity contribution < 1.29 is 4.79 Å². The van der Waals surface area contributed by atoms with Crippen LogP contribution in [0.2, 0.25) is 0 Å². The summed E-state index contributed by atoms with van der Waals surface area (Å²) in [5.74, 6) is 0.253. The zero-order valence-electron chi connectivity index (χ0n) is 9.86. The van der Waals surface area contributed by atoms with E-state index in [4.69, 9.17) is 5.26 Å². The first kappa shape index (κ1) is 12.0. The molecule has 0 aromatic heterocycles. The highest BCUT2D eigenvalue weighted by Gasteiger charge is 2.29. The quantitative estimate of drug-likeness (QED) is 0.697. The van der Waals surface area contributed by atoms with Gasteiger partial charge in [-0.25, -0.2) is 0 Å². The van der Waals surface area contributed by atoms with Crippen molar-refractivity contribution in [2.24, 2.45) is 17.8 Å². The van der Waals surface area contributed by atoms with Gasteiger partial charge in [0.15, 0.2) is 0 Å². The zero-order valence-corrected chi connectivity index (χ0v) is 9.86. The molecule has 1 aliphatic rings. The number of likely N-dealkylation sites (tertiary alicyclic amines) is 1. The van der Waals surface area contributed by atoms with Crippen LogP contribution in [0.15, 0.2) is 0 Å². The second kappa shape index (κ2) is 5.16. The predicted octanol–water partition coefficient (Wildman–Crippen LogP) is 2.04. The highest BCUT2D eigenvalue weighted by Crippen LogP contribution is 2.20. The van der Waals surface area contributed by atoms with Crippen LogP contribution in [0.4, 0.5) is 0 Å². The van der Waals surface area contributed by atoms with Crippen LogP contribution in [0.5, 0.6) is 0 Å². The molecule has 15 heavy (non-hydrogen) atoms. The summed E-state index contributed by atoms with van der Waals surface area (Å²) in [6, 6.07) is 2.12. The first-order valence-electron chi connectivity index (χ1n) is 5.74. The molecular weight excluding hydrogens is 188 g/mol. The minimum atomic E-state index is -0.463. The number of piperidine rings is 1. The van der Waals surface area contributed by atoms with Crippen LogP contribution in [0.3, 0.4) is 0 Å². The zero-order chi connectivity index (χ0) is 11.4. The lowest BCUT2D eigenvalue weighted by Gasteiger charge is -2.32. The number of nitrogens with zero attached hydrogens (tertiary/aromatic N) is 2. The third-order valence-electron chi connectivity index (χ3n) is 3.04. The van der Waals surface area contributed by atoms with Gasteiger partial charge in [-0.2, -0.15) is 5.26 Å². The van der Waals surface area contributed by atoms with E-state index >= 15 is 0 Å². The first-order valence-corrected chi connectivity index (χ1v) is 5.74. The summed E-state index contributed by atoms with van der Waals surface area (Å²) >= 11 is 0. The maximum Gasteiger partial charge on any atom is 0.240 e. The molecular formula is C12H20N2O. The van der Waals surface area contributed by atoms with Crippen molar-refractivity contribution in [1.82, 2.24) is 4.90 Å². The maximum atomic E-state index is 12.0. The van der Waals surface area contributed by atoms with Crippen LogP contribution < -0.4 is 0 Å². The largest absolute Gasteiger partial charge is 0.341 e. The summed E-state index contributed by atoms with van der Waals surface area (Å²) in [7, 11) is 0. The second-order valence-corrected chi connectivity index (χ2v) is 4.88. The normalized spacial score (nSPS) is 23.7. The average Bonchev–Trinajstić information content (AvgIpc) is 2.18. The van der Waals surface area contributed by atoms with Crippen LogP contribution in [0, 0.1) is 29.1 Å². The molecule has 1 heterocycles. The van der Waals surface area contributed by atoms with Gasteiger partial charge in [0.05, 0.1) is 6.07 Å². The number of carbonyl (C=O) groups excluding carboxylic acids is 1. The Morgan fingerprint density at radius 1 is 1.53 bits per heavy atom. The van der Waals surface area contributed by atoms with E-state index < -0.39 is 5.92 Å². The summed E-state index contributed by atoms with van der Waals surface area (Å²) in [5, 5.41) is 8.97. The van der Waals surface area contributed by atoms with Gasteiger partial charge < -0.3 is 4.90 Å². The molecule has 1 fully saturated rings. The molecule has 0 aliphatic carbocycles. The second-order valence-electron chi connectivity index (χ2n) is 4.88. The molecule has 0 bridgehead atoms. The molecule has 0 spiro atoms. The Hall–Kier alpha value is -1.04. The summed E-state index contributed by atoms with van der Waals surface area (Å²) in [5.41, 5.74) is 0. The molecule has 3 nitrogen and oxygen atoms in total. The van der Waals surface area contributed by atoms with Crippen molar-refractivity contribution in [3.63, 3.8) is 0 Å². The van der Waals surface area contributed by atoms with Gasteiger partial charge in [0.25, 0.3) is 0 Å². The smallest absolute Gasteiger partial charge is 0.240 e. The van der Waals surface area contributed by atoms with Crippen LogP contribution in [-0.2, 0) is 4.79 Å². The molecule has 1 aliphatic heterocycles. The molecule has 0 saturated carbocycles. The van der Waals surface area contributed by atoms with E-state index in [0.29, 0.717) is 5.92 Å². The van der Waals surface area contributed by atoms with Gasteiger partial charge >= 0.3 is 0 Å². The Kier molecular flexibility index (Phi) is 4.14. The summed E-state index contributed by atoms with van der Waals surface area (Å²) in [6.07, 6.45) is 2.27. The van der Waals surface area contributed by atoms with Gasteiger partial charge in [-0.3, -0.25) is 4.79 Å². The monoisotopic (exact) mass is 208 g/mol. The Labute approximate surface area is 92.1 Å². The van der Waals surface area contributed by atoms with Gasteiger partial charge in [-0.15, -0.1) is 0 Å². The minimum Gasteiger partial charge on any atom is -0.341 e. The molecule has 0 radical (unpaired) electrons. The fourth-order valence-corrected chi connectivity index (χ4v) is 2.08. The summed E-state index contributed by atoms with van der Waals surface area (Å²) in [6.45, 7) is 7.67. The predicted molar refractivity (Wildman–Crippen MR) is 58.9 cm³/mol. The first-order chi connectivity index (χ1) is 7.06. The van der Waals surface area contributed by atoms with Crippen molar-refractivity contribution in [3.8, 4) is 6.07 Å². The Bertz CT molecular complexity index is 267. The Balaban J connectivity index is 2.63. The number of carbonyl (C=O) groups is 1. The topological polar surface area (TPSA) is 44.1 Å². The number of rotatable bonds is 2. The molecule has 1 amide bonds. The van der Waals surface area contributed by atoms with Gasteiger partial charge in [-0.05, 0) is 24.7 Å². The Morgan fingerprint density at radius 2 is 2.20 bits per heavy atom. The van der Waals surface area contributed by atoms with Gasteiger partial charge in [0, 0.05) is 13.1 Å². The number of hydrogen-bond acceptors (Lipinski definition) is 2. The third-order valence-corrected chi connectivity index (χ3v) is 3.04. The lowest BCUT2D eigenvalue weighted by atomic mass is 9.93. The van der Waals surface area contributed by atoms with Crippen LogP contribution in [-0.4, -0.2) is 23.9 Å². The maximum absolute atomic E-state index is 12.0. The van der Waals surface area contributed by atoms with E-state index in [2.05, 4.69) is 13.0 Å². The Morgan fingerprint density at radius 3 is 2.67 bits per heavy atom. The van der Waals surface area contributed by atoms with E-state index in [1.165, 1.54) is 6.42 Å². The van der Waals surface area contributed by atoms with Gasteiger partial charge in [0.1, 0.15) is 5.92 Å². The van der Waals surface area contributed by atoms with E-state index in [9.17, 15) is 4.79 Å². The lowest BCUT2D eigenvalue weighted by molar-refractivity contribution is -0.136. The molecule has 1 saturated heterocycles. The van der Waals surface area contributed by atoms with E-state index in [1.54, 1.807) is 0 Å². The fourth-order valence-electron chi connectivity index (χ4n) is 2.08. The molecule has 0 N–H and O–H groups in total. The molecule has 2 unspecified atom stereocenters. The average molecular weight is 208 g/mol. The molecule has 3 heteroatoms. The lowest BCUT2D eigenvalue weighted by Crippen LogP contribution is -2.43. The van der Waals surface area contributed by atoms with Gasteiger partial charge in [-0.1, -0.05) is 20.8 Å². The minimum absolute atomic E-state index is 0.0269. The molecule has 0 aromatic rings. The van der Waals surface area contributed by atoms with Crippen molar-refractivity contribution >= 4 is 5.91 Å². The van der Waals surface area contributed by atoms with E-state index in [0.717, 1.165) is 19.5 Å². The number of nitriles is 1. The van der Waals surface area contributed by atoms with Crippen LogP contribution in [0.25, 0.3) is 0 Å². The van der Waals surface area contributed by atoms with Crippen molar-refractivity contribution in [2.75, 3.05) is 13.1 Å². The van der Waals surface area contributed by atoms with Crippen molar-refractivity contribution in [1.29, 1.82) is 5.26 Å². The van der Waals surface area contributed by atoms with Crippen molar-refractivity contribution in [2.45, 2.75) is 33.6 Å². The fraction of sp³-hybridized carbons (Fsp3) is 0.833. The number of hydrogen-bond donors (Lipinski definition) is 0. The molecule has 2 atom stereocenters. The molecule has 84 valence electrons. The van der Waals surface area contributed by atoms with E-state index in [-0.39, 0.29) is 11.8 Å². The third kappa shape index (κ3) is 2.95. The molecule has 0 aromatic carbocycles. The number of amides is 1. The highest BCUT2D eigenvalue weighted by atomic mass is 16.2. The summed E-state index contributed by atoms with van der Waals surface area (Å²) < 4.78 is 0. The standard InChI is InChI=1S/C12H20N2O/c1-9(2)11(7-13)12(15)14-6-4-5-10(3)8-14/h9-11H,4-6,8H2,1-3H3. The molecule has 1 rings (SSSR count). The highest BCUT2D eigenvalue weighted by molar-refractivity contribution is 5.81. The van der Waals surface area contributed by atoms with Crippen LogP contribution >= 0.6 is 0 Å².